The topological polar surface area (TPSA) is 93.5 Å². The Labute approximate surface area is 121 Å². The first-order valence-electron chi connectivity index (χ1n) is 6.55. The lowest BCUT2D eigenvalue weighted by Crippen LogP contribution is -2.27. The number of nitrogens with one attached hydrogen (secondary N) is 1. The number of fused-ring (bicyclic) bond motifs is 1. The zero-order valence-electron chi connectivity index (χ0n) is 11.7. The minimum absolute atomic E-state index is 0.0803. The van der Waals surface area contributed by atoms with Gasteiger partial charge in [-0.15, -0.1) is 0 Å². The van der Waals surface area contributed by atoms with E-state index in [1.54, 1.807) is 30.1 Å². The van der Waals surface area contributed by atoms with Crippen molar-refractivity contribution in [2.75, 3.05) is 20.3 Å². The smallest absolute Gasteiger partial charge is 0.335 e. The van der Waals surface area contributed by atoms with Crippen LogP contribution in [0.3, 0.4) is 0 Å². The van der Waals surface area contributed by atoms with Gasteiger partial charge in [-0.2, -0.15) is 0 Å². The average Bonchev–Trinajstić information content (AvgIpc) is 2.87. The predicted molar refractivity (Wildman–Crippen MR) is 76.2 cm³/mol. The monoisotopic (exact) mass is 291 g/mol. The van der Waals surface area contributed by atoms with E-state index in [2.05, 4.69) is 10.3 Å². The zero-order valence-corrected chi connectivity index (χ0v) is 11.7. The van der Waals surface area contributed by atoms with Gasteiger partial charge in [0.05, 0.1) is 29.5 Å². The van der Waals surface area contributed by atoms with Crippen LogP contribution >= 0.6 is 0 Å². The van der Waals surface area contributed by atoms with E-state index in [-0.39, 0.29) is 11.5 Å². The van der Waals surface area contributed by atoms with Crippen LogP contribution in [-0.4, -0.2) is 46.8 Å². The summed E-state index contributed by atoms with van der Waals surface area (Å²) < 4.78 is 6.63. The van der Waals surface area contributed by atoms with Crippen molar-refractivity contribution in [2.24, 2.45) is 0 Å². The molecule has 2 aromatic rings. The first-order chi connectivity index (χ1) is 10.1. The van der Waals surface area contributed by atoms with Crippen molar-refractivity contribution in [3.8, 4) is 0 Å². The Morgan fingerprint density at radius 3 is 2.95 bits per heavy atom. The van der Waals surface area contributed by atoms with Crippen LogP contribution in [0.5, 0.6) is 0 Å². The van der Waals surface area contributed by atoms with Gasteiger partial charge < -0.3 is 19.7 Å². The zero-order chi connectivity index (χ0) is 15.2. The number of carbonyl (C=O) groups is 2. The number of aromatic nitrogens is 2. The number of carboxylic acid groups (broad SMARTS) is 1. The number of hydrogen-bond acceptors (Lipinski definition) is 4. The van der Waals surface area contributed by atoms with Gasteiger partial charge in [0.25, 0.3) is 0 Å². The van der Waals surface area contributed by atoms with Gasteiger partial charge in [0, 0.05) is 26.6 Å². The summed E-state index contributed by atoms with van der Waals surface area (Å²) in [7, 11) is 1.57. The molecule has 0 aliphatic carbocycles. The molecule has 0 unspecified atom stereocenters. The van der Waals surface area contributed by atoms with Crippen molar-refractivity contribution in [1.82, 2.24) is 14.9 Å². The highest BCUT2D eigenvalue weighted by atomic mass is 16.5. The van der Waals surface area contributed by atoms with E-state index >= 15 is 0 Å². The van der Waals surface area contributed by atoms with Crippen molar-refractivity contribution in [1.29, 1.82) is 0 Å². The maximum atomic E-state index is 11.6. The number of aromatic carboxylic acids is 1. The van der Waals surface area contributed by atoms with Gasteiger partial charge in [0.1, 0.15) is 0 Å². The number of nitrogens with zero attached hydrogens (tertiary/aromatic N) is 2. The van der Waals surface area contributed by atoms with E-state index in [0.717, 1.165) is 0 Å². The van der Waals surface area contributed by atoms with Crippen LogP contribution in [0, 0.1) is 0 Å². The van der Waals surface area contributed by atoms with Crippen LogP contribution in [0.15, 0.2) is 24.5 Å². The Balaban J connectivity index is 2.03. The van der Waals surface area contributed by atoms with Crippen molar-refractivity contribution < 1.29 is 19.4 Å². The van der Waals surface area contributed by atoms with Gasteiger partial charge in [-0.05, 0) is 18.2 Å². The molecule has 0 fully saturated rings. The molecule has 0 saturated heterocycles. The van der Waals surface area contributed by atoms with Crippen molar-refractivity contribution in [3.05, 3.63) is 30.1 Å². The van der Waals surface area contributed by atoms with E-state index in [4.69, 9.17) is 9.84 Å². The molecule has 1 amide bonds. The van der Waals surface area contributed by atoms with Crippen LogP contribution in [-0.2, 0) is 16.1 Å². The van der Waals surface area contributed by atoms with Crippen molar-refractivity contribution in [3.63, 3.8) is 0 Å². The summed E-state index contributed by atoms with van der Waals surface area (Å²) in [5, 5.41) is 11.7. The standard InChI is InChI=1S/C14H17N3O4/c1-21-7-5-15-13(18)4-6-17-9-16-11-3-2-10(14(19)20)8-12(11)17/h2-3,8-9H,4-7H2,1H3,(H,15,18)(H,19,20). The number of hydrogen-bond donors (Lipinski definition) is 2. The highest BCUT2D eigenvalue weighted by Crippen LogP contribution is 2.15. The van der Waals surface area contributed by atoms with Gasteiger partial charge in [-0.1, -0.05) is 0 Å². The summed E-state index contributed by atoms with van der Waals surface area (Å²) in [6.07, 6.45) is 1.91. The van der Waals surface area contributed by atoms with Crippen molar-refractivity contribution >= 4 is 22.9 Å². The minimum Gasteiger partial charge on any atom is -0.478 e. The van der Waals surface area contributed by atoms with Crippen LogP contribution < -0.4 is 5.32 Å². The quantitative estimate of drug-likeness (QED) is 0.739. The molecule has 0 atom stereocenters. The largest absolute Gasteiger partial charge is 0.478 e. The summed E-state index contributed by atoms with van der Waals surface area (Å²) in [5.74, 6) is -1.06. The number of ether oxygens (including phenoxy) is 1. The van der Waals surface area contributed by atoms with E-state index in [1.165, 1.54) is 6.07 Å². The molecule has 1 aromatic carbocycles. The van der Waals surface area contributed by atoms with E-state index in [1.807, 2.05) is 0 Å². The van der Waals surface area contributed by atoms with Crippen LogP contribution in [0.25, 0.3) is 11.0 Å². The number of amides is 1. The van der Waals surface area contributed by atoms with E-state index < -0.39 is 5.97 Å². The Hall–Kier alpha value is -2.41. The predicted octanol–water partition coefficient (Wildman–Crippen LogP) is 0.887. The lowest BCUT2D eigenvalue weighted by molar-refractivity contribution is -0.121. The molecular weight excluding hydrogens is 274 g/mol. The lowest BCUT2D eigenvalue weighted by Gasteiger charge is -2.06. The molecule has 7 heteroatoms. The molecule has 112 valence electrons. The van der Waals surface area contributed by atoms with Gasteiger partial charge in [-0.25, -0.2) is 9.78 Å². The van der Waals surface area contributed by atoms with Crippen LogP contribution in [0.4, 0.5) is 0 Å². The summed E-state index contributed by atoms with van der Waals surface area (Å²) in [5.41, 5.74) is 1.62. The summed E-state index contributed by atoms with van der Waals surface area (Å²) in [4.78, 5) is 26.8. The second kappa shape index (κ2) is 6.85. The second-order valence-corrected chi connectivity index (χ2v) is 4.54. The third-order valence-electron chi connectivity index (χ3n) is 3.08. The SMILES string of the molecule is COCCNC(=O)CCn1cnc2ccc(C(=O)O)cc21. The molecule has 7 nitrogen and oxygen atoms in total. The Kier molecular flexibility index (Phi) is 4.89. The van der Waals surface area contributed by atoms with E-state index in [9.17, 15) is 9.59 Å². The van der Waals surface area contributed by atoms with Crippen LogP contribution in [0.1, 0.15) is 16.8 Å². The highest BCUT2D eigenvalue weighted by molar-refractivity contribution is 5.92. The van der Waals surface area contributed by atoms with Gasteiger partial charge in [0.2, 0.25) is 5.91 Å². The van der Waals surface area contributed by atoms with Crippen molar-refractivity contribution in [2.45, 2.75) is 13.0 Å². The van der Waals surface area contributed by atoms with Gasteiger partial charge >= 0.3 is 5.97 Å². The Bertz CT molecular complexity index is 651. The maximum absolute atomic E-state index is 11.6. The number of carbonyl (C=O) groups excluding carboxylic acids is 1. The molecule has 0 aliphatic rings. The molecule has 1 heterocycles. The Morgan fingerprint density at radius 1 is 1.43 bits per heavy atom. The molecular formula is C14H17N3O4. The molecule has 0 saturated carbocycles. The average molecular weight is 291 g/mol. The molecule has 1 aromatic heterocycles. The number of imidazole rings is 1. The molecule has 0 bridgehead atoms. The van der Waals surface area contributed by atoms with E-state index in [0.29, 0.717) is 37.2 Å². The molecule has 0 spiro atoms. The number of carboxylic acids is 1. The highest BCUT2D eigenvalue weighted by Gasteiger charge is 2.09. The third-order valence-corrected chi connectivity index (χ3v) is 3.08. The number of methoxy groups -OCH3 is 1. The minimum atomic E-state index is -0.984. The maximum Gasteiger partial charge on any atom is 0.335 e. The van der Waals surface area contributed by atoms with Crippen LogP contribution in [0.2, 0.25) is 0 Å². The molecule has 2 N–H and O–H groups in total. The Morgan fingerprint density at radius 2 is 2.24 bits per heavy atom. The van der Waals surface area contributed by atoms with Gasteiger partial charge in [0.15, 0.2) is 0 Å². The fraction of sp³-hybridized carbons (Fsp3) is 0.357. The first-order valence-corrected chi connectivity index (χ1v) is 6.55. The number of rotatable bonds is 7. The molecule has 0 aliphatic heterocycles. The molecule has 2 rings (SSSR count). The fourth-order valence-corrected chi connectivity index (χ4v) is 1.97. The second-order valence-electron chi connectivity index (χ2n) is 4.54. The lowest BCUT2D eigenvalue weighted by atomic mass is 10.2. The first kappa shape index (κ1) is 15.0. The fourth-order valence-electron chi connectivity index (χ4n) is 1.97. The molecule has 0 radical (unpaired) electrons. The summed E-state index contributed by atoms with van der Waals surface area (Å²) >= 11 is 0. The molecule has 21 heavy (non-hydrogen) atoms. The summed E-state index contributed by atoms with van der Waals surface area (Å²) in [6, 6.07) is 4.74. The normalized spacial score (nSPS) is 10.7. The number of aryl methyl sites for hydroxylation is 1. The number of benzene rings is 1. The third kappa shape index (κ3) is 3.79. The van der Waals surface area contributed by atoms with Gasteiger partial charge in [-0.3, -0.25) is 4.79 Å². The summed E-state index contributed by atoms with van der Waals surface area (Å²) in [6.45, 7) is 1.39.